The van der Waals surface area contributed by atoms with Crippen LogP contribution in [0, 0.1) is 6.92 Å². The molecule has 6 rings (SSSR count). The first kappa shape index (κ1) is 98.4. The molecule has 660 valence electrons. The highest BCUT2D eigenvalue weighted by Gasteiger charge is 2.42. The Kier molecular flexibility index (Phi) is 46.1. The van der Waals surface area contributed by atoms with Gasteiger partial charge in [0, 0.05) is 114 Å². The number of rotatable bonds is 57. The summed E-state index contributed by atoms with van der Waals surface area (Å²) in [7, 11) is 0. The number of carbonyl (C=O) groups is 12. The smallest absolute Gasteiger partial charge is 0.323 e. The summed E-state index contributed by atoms with van der Waals surface area (Å²) in [5.74, 6) is -7.71. The number of unbranched alkanes of at least 4 members (excludes halogenated alkanes) is 2. The van der Waals surface area contributed by atoms with Crippen LogP contribution in [0.2, 0.25) is 0 Å². The van der Waals surface area contributed by atoms with Gasteiger partial charge in [-0.15, -0.1) is 0 Å². The summed E-state index contributed by atoms with van der Waals surface area (Å²) in [5, 5.41) is 67.2. The van der Waals surface area contributed by atoms with Crippen molar-refractivity contribution < 1.29 is 96.9 Å². The first-order chi connectivity index (χ1) is 57.8. The van der Waals surface area contributed by atoms with Crippen LogP contribution in [0.3, 0.4) is 0 Å². The number of nitrogens with two attached hydrogens (primary N) is 1. The van der Waals surface area contributed by atoms with Crippen LogP contribution in [0.5, 0.6) is 0 Å². The van der Waals surface area contributed by atoms with E-state index < -0.39 is 89.0 Å². The summed E-state index contributed by atoms with van der Waals surface area (Å²) >= 11 is 5.50. The predicted octanol–water partition coefficient (Wildman–Crippen LogP) is 3.26. The van der Waals surface area contributed by atoms with Crippen molar-refractivity contribution in [3.05, 3.63) is 120 Å². The van der Waals surface area contributed by atoms with Crippen LogP contribution in [-0.4, -0.2) is 296 Å². The van der Waals surface area contributed by atoms with E-state index in [1.54, 1.807) is 58.6 Å². The van der Waals surface area contributed by atoms with Crippen LogP contribution >= 0.6 is 12.2 Å². The number of nitrogens with one attached hydrogen (secondary N) is 10. The summed E-state index contributed by atoms with van der Waals surface area (Å²) in [6.07, 6.45) is 9.95. The van der Waals surface area contributed by atoms with Gasteiger partial charge in [0.1, 0.15) is 30.3 Å². The number of pyridine rings is 1. The molecule has 120 heavy (non-hydrogen) atoms. The minimum Gasteiger partial charge on any atom is -0.481 e. The lowest BCUT2D eigenvalue weighted by Crippen LogP contribution is -2.63. The number of carboxylic acid groups (broad SMARTS) is 4. The number of nitrogens with zero attached hydrogens (tertiary/aromatic N) is 5. The molecule has 0 radical (unpaired) electrons. The molecule has 2 unspecified atom stereocenters. The van der Waals surface area contributed by atoms with Gasteiger partial charge in [0.05, 0.1) is 72.3 Å². The van der Waals surface area contributed by atoms with Crippen molar-refractivity contribution in [2.45, 2.75) is 153 Å². The van der Waals surface area contributed by atoms with Crippen molar-refractivity contribution >= 4 is 106 Å². The minimum atomic E-state index is -1.36. The number of benzene rings is 3. The van der Waals surface area contributed by atoms with Crippen molar-refractivity contribution in [2.24, 2.45) is 5.73 Å². The van der Waals surface area contributed by atoms with Gasteiger partial charge < -0.3 is 98.3 Å². The standard InChI is InChI=1S/C83H122N16O20S/c1-60-14-3-4-17-66(60)94-81(115)89-64-29-24-62(25-30-64)54-71(101)92-68(19-6-9-35-86-70(100)31-26-63-15-12-34-85-55-63)78(112)93-69(20-11-21-73(103)104)79(113)95-83(32-7-2-8-33-83)80(114)87-37-47-116-48-49-117-50-51-118-52-53-119-59-72(102)91-67(77(84)111)18-5-10-36-88-82(120)90-65-27-22-61(23-28-65)16-13-38-97(56-74(105)106)42-39-96-40-43-98(57-75(107)108)45-46-99(44-41-96)58-76(109)110/h3-4,12,14-15,17,22-25,27-30,34,55,67-69H,2,5-11,13,16,18-21,26,31-33,35-54,56-59H2,1H3,(H2,84,111)(H,86,100)(H,87,114)(H,91,102)(H,92,101)(H,93,112)(H,95,113)(H,103,104)(H,105,106)(H,107,108)(H,109,110)(H2,88,90,120)(H2,89,94,115)/t67?,68-,69?/m0/s1. The molecule has 2 fully saturated rings. The number of urea groups is 1. The Labute approximate surface area is 706 Å². The van der Waals surface area contributed by atoms with Gasteiger partial charge in [-0.2, -0.15) is 0 Å². The average Bonchev–Trinajstić information content (AvgIpc) is 0.839. The largest absolute Gasteiger partial charge is 0.481 e. The molecule has 2 heterocycles. The fourth-order valence-corrected chi connectivity index (χ4v) is 13.8. The maximum Gasteiger partial charge on any atom is 0.323 e. The lowest BCUT2D eigenvalue weighted by Gasteiger charge is -2.38. The second kappa shape index (κ2) is 56.2. The van der Waals surface area contributed by atoms with E-state index in [0.29, 0.717) is 171 Å². The molecule has 1 aliphatic heterocycles. The lowest BCUT2D eigenvalue weighted by atomic mass is 9.80. The molecule has 36 nitrogen and oxygen atoms in total. The lowest BCUT2D eigenvalue weighted by molar-refractivity contribution is -0.140. The third kappa shape index (κ3) is 41.5. The van der Waals surface area contributed by atoms with Crippen LogP contribution in [-0.2, 0) is 90.9 Å². The minimum absolute atomic E-state index is 0.000570. The van der Waals surface area contributed by atoms with E-state index in [2.05, 4.69) is 63.1 Å². The third-order valence-corrected chi connectivity index (χ3v) is 20.4. The zero-order valence-electron chi connectivity index (χ0n) is 68.7. The second-order valence-electron chi connectivity index (χ2n) is 29.8. The number of para-hydroxylation sites is 1. The van der Waals surface area contributed by atoms with Crippen molar-refractivity contribution in [3.63, 3.8) is 0 Å². The maximum atomic E-state index is 14.4. The Morgan fingerprint density at radius 1 is 0.517 bits per heavy atom. The molecular weight excluding hydrogens is 1570 g/mol. The van der Waals surface area contributed by atoms with E-state index in [0.717, 1.165) is 28.8 Å². The molecule has 1 saturated heterocycles. The van der Waals surface area contributed by atoms with E-state index >= 15 is 0 Å². The number of aliphatic carboxylic acids is 4. The number of carbonyl (C=O) groups excluding carboxylic acids is 8. The second-order valence-corrected chi connectivity index (χ2v) is 30.2. The quantitative estimate of drug-likeness (QED) is 0.0223. The molecule has 37 heteroatoms. The Hall–Kier alpha value is -10.4. The summed E-state index contributed by atoms with van der Waals surface area (Å²) in [5.41, 5.74) is 9.55. The van der Waals surface area contributed by atoms with Crippen molar-refractivity contribution in [1.82, 2.24) is 61.8 Å². The molecule has 2 aliphatic rings. The molecule has 16 N–H and O–H groups in total. The number of hydrogen-bond donors (Lipinski definition) is 15. The van der Waals surface area contributed by atoms with Gasteiger partial charge >= 0.3 is 29.9 Å². The molecular formula is C83H122N16O20S. The summed E-state index contributed by atoms with van der Waals surface area (Å²) in [6, 6.07) is 21.5. The fraction of sp³-hybridized carbons (Fsp3) is 0.566. The van der Waals surface area contributed by atoms with Crippen LogP contribution in [0.15, 0.2) is 97.3 Å². The van der Waals surface area contributed by atoms with E-state index in [1.165, 1.54) is 0 Å². The van der Waals surface area contributed by atoms with Crippen LogP contribution in [0.25, 0.3) is 0 Å². The number of primary amides is 1. The summed E-state index contributed by atoms with van der Waals surface area (Å²) in [6.45, 7) is 7.65. The Bertz CT molecular complexity index is 3840. The first-order valence-electron chi connectivity index (χ1n) is 41.2. The Balaban J connectivity index is 0.832. The van der Waals surface area contributed by atoms with Gasteiger partial charge in [0.15, 0.2) is 5.11 Å². The first-order valence-corrected chi connectivity index (χ1v) is 41.6. The van der Waals surface area contributed by atoms with E-state index in [-0.39, 0.29) is 123 Å². The SMILES string of the molecule is Cc1ccccc1NC(=O)Nc1ccc(CC(=O)N[C@@H](CCCCNC(=O)CCc2cccnc2)C(=O)NC(CCCC(=O)O)C(=O)NC2(C(=O)NCCOCCOCCOCCOCC(=O)NC(CCCCNC(=S)Nc3ccc(CCCN(CCN4CCN(CC(=O)O)CCN(CC(=O)O)CC4)CC(=O)O)cc3)C(N)=O)CCCCC2)cc1. The average molecular weight is 1700 g/mol. The molecule has 4 aromatic rings. The van der Waals surface area contributed by atoms with Gasteiger partial charge in [-0.25, -0.2) is 4.79 Å². The number of ether oxygens (including phenoxy) is 4. The zero-order chi connectivity index (χ0) is 86.7. The molecule has 1 aromatic heterocycles. The normalized spacial score (nSPS) is 14.6. The van der Waals surface area contributed by atoms with E-state index in [1.807, 2.05) is 60.4 Å². The number of aromatic nitrogens is 1. The monoisotopic (exact) mass is 1690 g/mol. The highest BCUT2D eigenvalue weighted by atomic mass is 32.1. The number of hydrogen-bond acceptors (Lipinski definition) is 22. The molecule has 0 spiro atoms. The van der Waals surface area contributed by atoms with Crippen LogP contribution in [0.1, 0.15) is 125 Å². The number of amides is 9. The molecule has 3 atom stereocenters. The molecule has 1 aliphatic carbocycles. The third-order valence-electron chi connectivity index (χ3n) is 20.2. The van der Waals surface area contributed by atoms with Crippen molar-refractivity contribution in [2.75, 3.05) is 167 Å². The highest BCUT2D eigenvalue weighted by Crippen LogP contribution is 2.29. The molecule has 3 aromatic carbocycles. The molecule has 1 saturated carbocycles. The van der Waals surface area contributed by atoms with Gasteiger partial charge in [-0.3, -0.25) is 77.3 Å². The van der Waals surface area contributed by atoms with Gasteiger partial charge in [0.25, 0.3) is 0 Å². The number of aryl methyl sites for hydroxylation is 3. The summed E-state index contributed by atoms with van der Waals surface area (Å²) < 4.78 is 22.3. The Morgan fingerprint density at radius 2 is 1.09 bits per heavy atom. The highest BCUT2D eigenvalue weighted by molar-refractivity contribution is 7.80. The topological polar surface area (TPSA) is 495 Å². The van der Waals surface area contributed by atoms with Crippen LogP contribution < -0.4 is 58.9 Å². The molecule has 9 amide bonds. The number of thiocarbonyl (C=S) groups is 1. The van der Waals surface area contributed by atoms with Crippen molar-refractivity contribution in [1.29, 1.82) is 0 Å². The zero-order valence-corrected chi connectivity index (χ0v) is 69.5. The molecule has 0 bridgehead atoms. The van der Waals surface area contributed by atoms with Gasteiger partial charge in [-0.05, 0) is 168 Å². The van der Waals surface area contributed by atoms with E-state index in [9.17, 15) is 78.0 Å². The van der Waals surface area contributed by atoms with Gasteiger partial charge in [-0.1, -0.05) is 67.8 Å². The number of anilines is 3. The Morgan fingerprint density at radius 3 is 1.70 bits per heavy atom. The summed E-state index contributed by atoms with van der Waals surface area (Å²) in [4.78, 5) is 165. The van der Waals surface area contributed by atoms with E-state index in [4.69, 9.17) is 36.9 Å². The number of carboxylic acids is 4. The predicted molar refractivity (Wildman–Crippen MR) is 452 cm³/mol. The van der Waals surface area contributed by atoms with Crippen molar-refractivity contribution in [3.8, 4) is 0 Å². The fourth-order valence-electron chi connectivity index (χ4n) is 13.6. The van der Waals surface area contributed by atoms with Gasteiger partial charge in [0.2, 0.25) is 41.4 Å². The maximum absolute atomic E-state index is 14.4. The van der Waals surface area contributed by atoms with Crippen LogP contribution in [0.4, 0.5) is 21.9 Å².